The van der Waals surface area contributed by atoms with Gasteiger partial charge in [0.1, 0.15) is 0 Å². The minimum absolute atomic E-state index is 0.0760. The molecule has 0 spiro atoms. The molecule has 0 saturated carbocycles. The number of hydrogen-bond donors (Lipinski definition) is 2. The van der Waals surface area contributed by atoms with Crippen molar-refractivity contribution in [3.63, 3.8) is 0 Å². The normalized spacial score (nSPS) is 10.3. The zero-order chi connectivity index (χ0) is 11.4. The third kappa shape index (κ3) is 11.3. The van der Waals surface area contributed by atoms with E-state index < -0.39 is 0 Å². The number of nitrogens with one attached hydrogen (secondary N) is 1. The van der Waals surface area contributed by atoms with E-state index in [1.54, 1.807) is 0 Å². The Balaban J connectivity index is 2.95. The van der Waals surface area contributed by atoms with Gasteiger partial charge in [-0.2, -0.15) is 0 Å². The molecule has 15 heavy (non-hydrogen) atoms. The Bertz CT molecular complexity index is 152. The standard InChI is InChI=1S/C10H21NO4/c1-14-10(13)4-2-5-11-6-3-8-15-9-7-12/h11-12H,2-9H2,1H3. The summed E-state index contributed by atoms with van der Waals surface area (Å²) in [7, 11) is 1.40. The summed E-state index contributed by atoms with van der Waals surface area (Å²) >= 11 is 0. The topological polar surface area (TPSA) is 67.8 Å². The maximum absolute atomic E-state index is 10.7. The van der Waals surface area contributed by atoms with Gasteiger partial charge in [0.25, 0.3) is 0 Å². The van der Waals surface area contributed by atoms with Crippen molar-refractivity contribution in [1.29, 1.82) is 0 Å². The van der Waals surface area contributed by atoms with Crippen molar-refractivity contribution in [2.24, 2.45) is 0 Å². The lowest BCUT2D eigenvalue weighted by Gasteiger charge is -2.04. The van der Waals surface area contributed by atoms with E-state index in [0.717, 1.165) is 25.9 Å². The van der Waals surface area contributed by atoms with Gasteiger partial charge in [0.15, 0.2) is 0 Å². The summed E-state index contributed by atoms with van der Waals surface area (Å²) in [6, 6.07) is 0. The Morgan fingerprint density at radius 2 is 2.00 bits per heavy atom. The molecule has 90 valence electrons. The molecule has 0 aromatic carbocycles. The maximum Gasteiger partial charge on any atom is 0.305 e. The molecule has 0 aromatic heterocycles. The molecule has 0 aliphatic rings. The summed E-state index contributed by atoms with van der Waals surface area (Å²) < 4.78 is 9.59. The smallest absolute Gasteiger partial charge is 0.305 e. The highest BCUT2D eigenvalue weighted by atomic mass is 16.5. The van der Waals surface area contributed by atoms with Crippen LogP contribution in [0.1, 0.15) is 19.3 Å². The van der Waals surface area contributed by atoms with Gasteiger partial charge >= 0.3 is 5.97 Å². The second-order valence-corrected chi connectivity index (χ2v) is 3.12. The number of hydrogen-bond acceptors (Lipinski definition) is 5. The monoisotopic (exact) mass is 219 g/mol. The van der Waals surface area contributed by atoms with E-state index >= 15 is 0 Å². The molecule has 0 atom stereocenters. The van der Waals surface area contributed by atoms with E-state index in [1.165, 1.54) is 7.11 Å². The molecule has 0 unspecified atom stereocenters. The minimum atomic E-state index is -0.164. The summed E-state index contributed by atoms with van der Waals surface area (Å²) in [5, 5.41) is 11.6. The second kappa shape index (κ2) is 11.4. The fourth-order valence-corrected chi connectivity index (χ4v) is 1.05. The summed E-state index contributed by atoms with van der Waals surface area (Å²) in [5.74, 6) is -0.164. The maximum atomic E-state index is 10.7. The van der Waals surface area contributed by atoms with Crippen LogP contribution in [-0.4, -0.2) is 51.1 Å². The summed E-state index contributed by atoms with van der Waals surface area (Å²) in [6.45, 7) is 2.82. The third-order valence-electron chi connectivity index (χ3n) is 1.84. The Morgan fingerprint density at radius 1 is 1.27 bits per heavy atom. The van der Waals surface area contributed by atoms with Gasteiger partial charge in [0.2, 0.25) is 0 Å². The highest BCUT2D eigenvalue weighted by Crippen LogP contribution is 1.89. The van der Waals surface area contributed by atoms with Crippen LogP contribution >= 0.6 is 0 Å². The first kappa shape index (κ1) is 14.3. The van der Waals surface area contributed by atoms with Crippen LogP contribution in [0.3, 0.4) is 0 Å². The van der Waals surface area contributed by atoms with Crippen molar-refractivity contribution in [2.75, 3.05) is 40.0 Å². The Labute approximate surface area is 90.8 Å². The molecule has 0 radical (unpaired) electrons. The number of methoxy groups -OCH3 is 1. The number of ether oxygens (including phenoxy) is 2. The molecule has 0 heterocycles. The second-order valence-electron chi connectivity index (χ2n) is 3.12. The van der Waals surface area contributed by atoms with Gasteiger partial charge in [-0.25, -0.2) is 0 Å². The predicted molar refractivity (Wildman–Crippen MR) is 56.6 cm³/mol. The zero-order valence-electron chi connectivity index (χ0n) is 9.33. The first-order valence-corrected chi connectivity index (χ1v) is 5.27. The van der Waals surface area contributed by atoms with Crippen molar-refractivity contribution in [1.82, 2.24) is 5.32 Å². The summed E-state index contributed by atoms with van der Waals surface area (Å²) in [5.41, 5.74) is 0. The number of aliphatic hydroxyl groups excluding tert-OH is 1. The van der Waals surface area contributed by atoms with Crippen LogP contribution in [-0.2, 0) is 14.3 Å². The molecule has 0 rings (SSSR count). The Hall–Kier alpha value is -0.650. The van der Waals surface area contributed by atoms with Crippen molar-refractivity contribution in [2.45, 2.75) is 19.3 Å². The lowest BCUT2D eigenvalue weighted by Crippen LogP contribution is -2.19. The molecule has 0 aliphatic carbocycles. The Morgan fingerprint density at radius 3 is 2.67 bits per heavy atom. The Kier molecular flexibility index (Phi) is 10.9. The largest absolute Gasteiger partial charge is 0.469 e. The van der Waals surface area contributed by atoms with Crippen LogP contribution in [0.25, 0.3) is 0 Å². The van der Waals surface area contributed by atoms with Gasteiger partial charge in [-0.1, -0.05) is 0 Å². The van der Waals surface area contributed by atoms with E-state index in [0.29, 0.717) is 19.6 Å². The average molecular weight is 219 g/mol. The number of esters is 1. The quantitative estimate of drug-likeness (QED) is 0.397. The van der Waals surface area contributed by atoms with E-state index in [2.05, 4.69) is 10.1 Å². The van der Waals surface area contributed by atoms with E-state index in [9.17, 15) is 4.79 Å². The van der Waals surface area contributed by atoms with Crippen LogP contribution in [0.2, 0.25) is 0 Å². The minimum Gasteiger partial charge on any atom is -0.469 e. The summed E-state index contributed by atoms with van der Waals surface area (Å²) in [4.78, 5) is 10.7. The molecule has 5 nitrogen and oxygen atoms in total. The number of carbonyl (C=O) groups is 1. The van der Waals surface area contributed by atoms with Crippen LogP contribution < -0.4 is 5.32 Å². The molecule has 2 N–H and O–H groups in total. The van der Waals surface area contributed by atoms with E-state index in [1.807, 2.05) is 0 Å². The van der Waals surface area contributed by atoms with Crippen LogP contribution in [0.15, 0.2) is 0 Å². The number of carbonyl (C=O) groups excluding carboxylic acids is 1. The van der Waals surface area contributed by atoms with Crippen LogP contribution in [0.4, 0.5) is 0 Å². The lowest BCUT2D eigenvalue weighted by molar-refractivity contribution is -0.140. The number of rotatable bonds is 10. The van der Waals surface area contributed by atoms with Crippen molar-refractivity contribution in [3.8, 4) is 0 Å². The molecular weight excluding hydrogens is 198 g/mol. The SMILES string of the molecule is COC(=O)CCCNCCCOCCO. The molecule has 0 bridgehead atoms. The molecular formula is C10H21NO4. The molecule has 5 heteroatoms. The molecule has 0 aromatic rings. The van der Waals surface area contributed by atoms with Gasteiger partial charge in [0, 0.05) is 13.0 Å². The van der Waals surface area contributed by atoms with Crippen molar-refractivity contribution < 1.29 is 19.4 Å². The number of aliphatic hydroxyl groups is 1. The first-order valence-electron chi connectivity index (χ1n) is 5.27. The zero-order valence-corrected chi connectivity index (χ0v) is 9.33. The molecule has 0 saturated heterocycles. The van der Waals surface area contributed by atoms with Gasteiger partial charge in [-0.15, -0.1) is 0 Å². The first-order chi connectivity index (χ1) is 7.31. The fourth-order valence-electron chi connectivity index (χ4n) is 1.05. The fraction of sp³-hybridized carbons (Fsp3) is 0.900. The molecule has 0 fully saturated rings. The third-order valence-corrected chi connectivity index (χ3v) is 1.84. The van der Waals surface area contributed by atoms with Gasteiger partial charge in [0.05, 0.1) is 20.3 Å². The van der Waals surface area contributed by atoms with E-state index in [-0.39, 0.29) is 12.6 Å². The molecule has 0 amide bonds. The summed E-state index contributed by atoms with van der Waals surface area (Å²) in [6.07, 6.45) is 2.17. The van der Waals surface area contributed by atoms with Crippen molar-refractivity contribution >= 4 is 5.97 Å². The lowest BCUT2D eigenvalue weighted by atomic mass is 10.3. The van der Waals surface area contributed by atoms with E-state index in [4.69, 9.17) is 9.84 Å². The predicted octanol–water partition coefficient (Wildman–Crippen LogP) is -0.0718. The van der Waals surface area contributed by atoms with Crippen LogP contribution in [0.5, 0.6) is 0 Å². The molecule has 0 aliphatic heterocycles. The highest BCUT2D eigenvalue weighted by molar-refractivity contribution is 5.68. The van der Waals surface area contributed by atoms with Gasteiger partial charge < -0.3 is 19.9 Å². The highest BCUT2D eigenvalue weighted by Gasteiger charge is 1.98. The van der Waals surface area contributed by atoms with Gasteiger partial charge in [-0.3, -0.25) is 4.79 Å². The van der Waals surface area contributed by atoms with Crippen LogP contribution in [0, 0.1) is 0 Å². The van der Waals surface area contributed by atoms with Gasteiger partial charge in [-0.05, 0) is 25.9 Å². The average Bonchev–Trinajstić information content (AvgIpc) is 2.26. The van der Waals surface area contributed by atoms with Crippen molar-refractivity contribution in [3.05, 3.63) is 0 Å².